The van der Waals surface area contributed by atoms with Crippen LogP contribution in [0.4, 0.5) is 5.69 Å². The van der Waals surface area contributed by atoms with Crippen molar-refractivity contribution in [1.82, 2.24) is 4.90 Å². The number of hydrogen-bond donors (Lipinski definition) is 0. The second-order valence-electron chi connectivity index (χ2n) is 3.56. The molecule has 0 aromatic heterocycles. The zero-order valence-corrected chi connectivity index (χ0v) is 10.1. The Morgan fingerprint density at radius 3 is 2.65 bits per heavy atom. The van der Waals surface area contributed by atoms with Gasteiger partial charge in [0.15, 0.2) is 5.78 Å². The Labute approximate surface area is 103 Å². The van der Waals surface area contributed by atoms with Gasteiger partial charge in [-0.2, -0.15) is 0 Å². The molecule has 0 spiro atoms. The fourth-order valence-electron chi connectivity index (χ4n) is 1.12. The van der Waals surface area contributed by atoms with Crippen LogP contribution in [0.15, 0.2) is 30.5 Å². The third-order valence-corrected chi connectivity index (χ3v) is 2.28. The van der Waals surface area contributed by atoms with Crippen LogP contribution in [0.3, 0.4) is 0 Å². The molecule has 6 heteroatoms. The molecule has 0 saturated heterocycles. The van der Waals surface area contributed by atoms with E-state index in [4.69, 9.17) is 11.6 Å². The maximum atomic E-state index is 11.7. The van der Waals surface area contributed by atoms with Gasteiger partial charge in [-0.3, -0.25) is 14.9 Å². The highest BCUT2D eigenvalue weighted by Gasteiger charge is 2.13. The lowest BCUT2D eigenvalue weighted by Crippen LogP contribution is -2.04. The SMILES string of the molecule is CN(C)C=CC(=O)c1cc([N+](=O)[O-])ccc1Cl. The predicted octanol–water partition coefficient (Wildman–Crippen LogP) is 2.51. The van der Waals surface area contributed by atoms with Crippen molar-refractivity contribution in [3.8, 4) is 0 Å². The van der Waals surface area contributed by atoms with Crippen LogP contribution in [0.5, 0.6) is 0 Å². The molecule has 17 heavy (non-hydrogen) atoms. The van der Waals surface area contributed by atoms with Crippen molar-refractivity contribution in [2.24, 2.45) is 0 Å². The number of carbonyl (C=O) groups is 1. The van der Waals surface area contributed by atoms with Crippen LogP contribution in [-0.4, -0.2) is 29.7 Å². The fourth-order valence-corrected chi connectivity index (χ4v) is 1.33. The Morgan fingerprint density at radius 2 is 2.12 bits per heavy atom. The Morgan fingerprint density at radius 1 is 1.47 bits per heavy atom. The van der Waals surface area contributed by atoms with Crippen molar-refractivity contribution in [1.29, 1.82) is 0 Å². The highest BCUT2D eigenvalue weighted by molar-refractivity contribution is 6.34. The molecule has 0 heterocycles. The second kappa shape index (κ2) is 5.45. The maximum Gasteiger partial charge on any atom is 0.270 e. The van der Waals surface area contributed by atoms with Gasteiger partial charge in [-0.05, 0) is 6.07 Å². The van der Waals surface area contributed by atoms with E-state index < -0.39 is 4.92 Å². The first-order chi connectivity index (χ1) is 7.91. The van der Waals surface area contributed by atoms with E-state index in [-0.39, 0.29) is 22.1 Å². The van der Waals surface area contributed by atoms with Crippen LogP contribution in [-0.2, 0) is 0 Å². The van der Waals surface area contributed by atoms with Crippen molar-refractivity contribution in [2.45, 2.75) is 0 Å². The molecule has 0 unspecified atom stereocenters. The molecule has 90 valence electrons. The average molecular weight is 255 g/mol. The van der Waals surface area contributed by atoms with Crippen molar-refractivity contribution in [3.05, 3.63) is 51.2 Å². The highest BCUT2D eigenvalue weighted by atomic mass is 35.5. The number of halogens is 1. The number of nitro groups is 1. The minimum atomic E-state index is -0.567. The number of nitrogens with zero attached hydrogens (tertiary/aromatic N) is 2. The molecule has 0 amide bonds. The van der Waals surface area contributed by atoms with Crippen LogP contribution < -0.4 is 0 Å². The number of non-ortho nitro benzene ring substituents is 1. The lowest BCUT2D eigenvalue weighted by molar-refractivity contribution is -0.384. The lowest BCUT2D eigenvalue weighted by atomic mass is 10.1. The summed E-state index contributed by atoms with van der Waals surface area (Å²) in [7, 11) is 3.53. The van der Waals surface area contributed by atoms with E-state index in [0.29, 0.717) is 0 Å². The summed E-state index contributed by atoms with van der Waals surface area (Å²) in [6.45, 7) is 0. The number of nitro benzene ring substituents is 1. The zero-order chi connectivity index (χ0) is 13.0. The van der Waals surface area contributed by atoms with Gasteiger partial charge in [0.1, 0.15) is 0 Å². The molecule has 0 aliphatic rings. The van der Waals surface area contributed by atoms with Gasteiger partial charge in [0.05, 0.1) is 9.95 Å². The Bertz CT molecular complexity index is 484. The average Bonchev–Trinajstić information content (AvgIpc) is 2.26. The van der Waals surface area contributed by atoms with Gasteiger partial charge in [0, 0.05) is 44.1 Å². The number of benzene rings is 1. The smallest absolute Gasteiger partial charge is 0.270 e. The summed E-state index contributed by atoms with van der Waals surface area (Å²) >= 11 is 5.82. The normalized spacial score (nSPS) is 10.5. The van der Waals surface area contributed by atoms with Crippen molar-refractivity contribution in [2.75, 3.05) is 14.1 Å². The zero-order valence-electron chi connectivity index (χ0n) is 9.38. The molecule has 0 atom stereocenters. The summed E-state index contributed by atoms with van der Waals surface area (Å²) in [5.74, 6) is -0.368. The van der Waals surface area contributed by atoms with Crippen LogP contribution in [0, 0.1) is 10.1 Å². The third kappa shape index (κ3) is 3.57. The maximum absolute atomic E-state index is 11.7. The molecule has 0 radical (unpaired) electrons. The minimum absolute atomic E-state index is 0.124. The monoisotopic (exact) mass is 254 g/mol. The van der Waals surface area contributed by atoms with Crippen LogP contribution >= 0.6 is 11.6 Å². The standard InChI is InChI=1S/C11H11ClN2O3/c1-13(2)6-5-11(15)9-7-8(14(16)17)3-4-10(9)12/h3-7H,1-2H3. The summed E-state index contributed by atoms with van der Waals surface area (Å²) in [6.07, 6.45) is 2.86. The molecule has 0 fully saturated rings. The number of allylic oxidation sites excluding steroid dienone is 1. The van der Waals surface area contributed by atoms with Crippen LogP contribution in [0.2, 0.25) is 5.02 Å². The Balaban J connectivity index is 3.08. The van der Waals surface area contributed by atoms with E-state index in [0.717, 1.165) is 0 Å². The van der Waals surface area contributed by atoms with Crippen molar-refractivity contribution in [3.63, 3.8) is 0 Å². The lowest BCUT2D eigenvalue weighted by Gasteiger charge is -2.03. The van der Waals surface area contributed by atoms with Gasteiger partial charge >= 0.3 is 0 Å². The third-order valence-electron chi connectivity index (χ3n) is 1.95. The van der Waals surface area contributed by atoms with E-state index in [9.17, 15) is 14.9 Å². The minimum Gasteiger partial charge on any atom is -0.383 e. The fraction of sp³-hybridized carbons (Fsp3) is 0.182. The molecule has 0 saturated carbocycles. The number of ketones is 1. The van der Waals surface area contributed by atoms with Crippen molar-refractivity contribution < 1.29 is 9.72 Å². The molecular formula is C11H11ClN2O3. The van der Waals surface area contributed by atoms with Crippen LogP contribution in [0.1, 0.15) is 10.4 Å². The summed E-state index contributed by atoms with van der Waals surface area (Å²) in [5, 5.41) is 10.8. The first-order valence-corrected chi connectivity index (χ1v) is 5.12. The number of rotatable bonds is 4. The van der Waals surface area contributed by atoms with E-state index in [1.165, 1.54) is 24.3 Å². The van der Waals surface area contributed by atoms with Gasteiger partial charge in [-0.15, -0.1) is 0 Å². The number of hydrogen-bond acceptors (Lipinski definition) is 4. The first-order valence-electron chi connectivity index (χ1n) is 4.74. The number of carbonyl (C=O) groups excluding carboxylic acids is 1. The van der Waals surface area contributed by atoms with E-state index in [1.807, 2.05) is 0 Å². The molecular weight excluding hydrogens is 244 g/mol. The molecule has 0 N–H and O–H groups in total. The van der Waals surface area contributed by atoms with Gasteiger partial charge in [0.25, 0.3) is 5.69 Å². The van der Waals surface area contributed by atoms with Crippen molar-refractivity contribution >= 4 is 23.1 Å². The van der Waals surface area contributed by atoms with E-state index in [2.05, 4.69) is 0 Å². The molecule has 1 rings (SSSR count). The molecule has 5 nitrogen and oxygen atoms in total. The predicted molar refractivity (Wildman–Crippen MR) is 65.3 cm³/mol. The van der Waals surface area contributed by atoms with E-state index >= 15 is 0 Å². The van der Waals surface area contributed by atoms with Crippen LogP contribution in [0.25, 0.3) is 0 Å². The molecule has 1 aromatic carbocycles. The van der Waals surface area contributed by atoms with Gasteiger partial charge < -0.3 is 4.90 Å². The quantitative estimate of drug-likeness (QED) is 0.358. The summed E-state index contributed by atoms with van der Waals surface area (Å²) in [6, 6.07) is 3.77. The van der Waals surface area contributed by atoms with Gasteiger partial charge in [0.2, 0.25) is 0 Å². The first kappa shape index (κ1) is 13.2. The molecule has 1 aromatic rings. The van der Waals surface area contributed by atoms with E-state index in [1.54, 1.807) is 25.2 Å². The summed E-state index contributed by atoms with van der Waals surface area (Å²) in [4.78, 5) is 23.4. The second-order valence-corrected chi connectivity index (χ2v) is 3.97. The Kier molecular flexibility index (Phi) is 4.23. The Hall–Kier alpha value is -1.88. The molecule has 0 aliphatic carbocycles. The highest BCUT2D eigenvalue weighted by Crippen LogP contribution is 2.22. The molecule has 0 bridgehead atoms. The summed E-state index contributed by atoms with van der Waals surface area (Å²) in [5.41, 5.74) is -0.0324. The largest absolute Gasteiger partial charge is 0.383 e. The van der Waals surface area contributed by atoms with Gasteiger partial charge in [-0.1, -0.05) is 11.6 Å². The van der Waals surface area contributed by atoms with Gasteiger partial charge in [-0.25, -0.2) is 0 Å². The molecule has 0 aliphatic heterocycles. The topological polar surface area (TPSA) is 63.5 Å². The summed E-state index contributed by atoms with van der Waals surface area (Å²) < 4.78 is 0.